The fraction of sp³-hybridized carbons (Fsp3) is 0.455. The number of halogens is 1. The second kappa shape index (κ2) is 5.84. The number of hydrogen-bond acceptors (Lipinski definition) is 3. The summed E-state index contributed by atoms with van der Waals surface area (Å²) >= 11 is 3.25. The van der Waals surface area contributed by atoms with Crippen LogP contribution in [0.25, 0.3) is 0 Å². The molecule has 0 unspecified atom stereocenters. The molecular formula is C11H17BrN2O2S. The lowest BCUT2D eigenvalue weighted by atomic mass is 10.2. The largest absolute Gasteiger partial charge is 0.398 e. The Balaban J connectivity index is 3.05. The van der Waals surface area contributed by atoms with Gasteiger partial charge in [-0.3, -0.25) is 0 Å². The number of sulfonamides is 1. The molecule has 6 heteroatoms. The number of anilines is 1. The van der Waals surface area contributed by atoms with Crippen LogP contribution in [0.15, 0.2) is 27.6 Å². The second-order valence-corrected chi connectivity index (χ2v) is 6.41. The molecule has 0 bridgehead atoms. The number of nitrogens with two attached hydrogens (primary N) is 1. The van der Waals surface area contributed by atoms with Gasteiger partial charge in [-0.05, 0) is 31.0 Å². The summed E-state index contributed by atoms with van der Waals surface area (Å²) in [4.78, 5) is 0.132. The van der Waals surface area contributed by atoms with Crippen LogP contribution < -0.4 is 10.5 Å². The third kappa shape index (κ3) is 3.69. The van der Waals surface area contributed by atoms with E-state index in [1.165, 1.54) is 6.07 Å². The van der Waals surface area contributed by atoms with Gasteiger partial charge in [-0.25, -0.2) is 13.1 Å². The molecule has 0 fully saturated rings. The van der Waals surface area contributed by atoms with E-state index < -0.39 is 10.0 Å². The maximum atomic E-state index is 12.1. The van der Waals surface area contributed by atoms with E-state index >= 15 is 0 Å². The molecule has 1 aromatic rings. The van der Waals surface area contributed by atoms with E-state index in [0.29, 0.717) is 0 Å². The summed E-state index contributed by atoms with van der Waals surface area (Å²) in [5.41, 5.74) is 5.96. The zero-order chi connectivity index (χ0) is 13.1. The van der Waals surface area contributed by atoms with Crippen molar-refractivity contribution in [1.29, 1.82) is 0 Å². The van der Waals surface area contributed by atoms with Gasteiger partial charge in [-0.2, -0.15) is 0 Å². The minimum absolute atomic E-state index is 0.0527. The zero-order valence-corrected chi connectivity index (χ0v) is 12.3. The van der Waals surface area contributed by atoms with Gasteiger partial charge in [0.05, 0.1) is 5.69 Å². The highest BCUT2D eigenvalue weighted by Crippen LogP contribution is 2.23. The lowest BCUT2D eigenvalue weighted by Crippen LogP contribution is -2.34. The Kier molecular flexibility index (Phi) is 4.97. The molecule has 0 heterocycles. The predicted octanol–water partition coefficient (Wildman–Crippen LogP) is 2.50. The molecule has 96 valence electrons. The van der Waals surface area contributed by atoms with Crippen molar-refractivity contribution in [3.8, 4) is 0 Å². The highest BCUT2D eigenvalue weighted by atomic mass is 79.9. The van der Waals surface area contributed by atoms with Gasteiger partial charge < -0.3 is 5.73 Å². The molecule has 0 atom stereocenters. The van der Waals surface area contributed by atoms with Crippen molar-refractivity contribution >= 4 is 31.6 Å². The summed E-state index contributed by atoms with van der Waals surface area (Å²) in [6.07, 6.45) is 1.51. The van der Waals surface area contributed by atoms with Crippen molar-refractivity contribution in [2.24, 2.45) is 0 Å². The van der Waals surface area contributed by atoms with E-state index in [-0.39, 0.29) is 16.6 Å². The van der Waals surface area contributed by atoms with Crippen LogP contribution in [-0.2, 0) is 10.0 Å². The van der Waals surface area contributed by atoms with E-state index in [1.54, 1.807) is 12.1 Å². The summed E-state index contributed by atoms with van der Waals surface area (Å²) in [6, 6.07) is 4.70. The van der Waals surface area contributed by atoms with Crippen LogP contribution in [0.2, 0.25) is 0 Å². The highest BCUT2D eigenvalue weighted by molar-refractivity contribution is 9.10. The summed E-state index contributed by atoms with van der Waals surface area (Å²) in [5, 5.41) is 0. The van der Waals surface area contributed by atoms with Gasteiger partial charge in [0.1, 0.15) is 4.90 Å². The first-order valence-corrected chi connectivity index (χ1v) is 7.75. The normalized spacial score (nSPS) is 12.0. The van der Waals surface area contributed by atoms with Crippen LogP contribution in [-0.4, -0.2) is 14.5 Å². The second-order valence-electron chi connectivity index (χ2n) is 3.82. The number of nitrogens with one attached hydrogen (secondary N) is 1. The lowest BCUT2D eigenvalue weighted by Gasteiger charge is -2.16. The Morgan fingerprint density at radius 3 is 2.41 bits per heavy atom. The summed E-state index contributed by atoms with van der Waals surface area (Å²) < 4.78 is 27.6. The molecule has 1 rings (SSSR count). The number of nitrogen functional groups attached to an aromatic ring is 1. The predicted molar refractivity (Wildman–Crippen MR) is 73.2 cm³/mol. The average Bonchev–Trinajstić information content (AvgIpc) is 2.25. The fourth-order valence-electron chi connectivity index (χ4n) is 1.50. The Morgan fingerprint density at radius 2 is 1.94 bits per heavy atom. The van der Waals surface area contributed by atoms with Crippen molar-refractivity contribution < 1.29 is 8.42 Å². The molecule has 17 heavy (non-hydrogen) atoms. The molecule has 0 saturated carbocycles. The fourth-order valence-corrected chi connectivity index (χ4v) is 3.40. The zero-order valence-electron chi connectivity index (χ0n) is 9.90. The standard InChI is InChI=1S/C11H17BrN2O2S/c1-3-9(4-2)14-17(15,16)11-6-5-8(12)7-10(11)13/h5-7,9,14H,3-4,13H2,1-2H3. The molecule has 4 nitrogen and oxygen atoms in total. The Bertz CT molecular complexity index is 484. The van der Waals surface area contributed by atoms with E-state index in [9.17, 15) is 8.42 Å². The highest BCUT2D eigenvalue weighted by Gasteiger charge is 2.20. The molecule has 0 aliphatic rings. The maximum absolute atomic E-state index is 12.1. The van der Waals surface area contributed by atoms with Crippen molar-refractivity contribution in [1.82, 2.24) is 4.72 Å². The van der Waals surface area contributed by atoms with Crippen molar-refractivity contribution in [3.05, 3.63) is 22.7 Å². The SMILES string of the molecule is CCC(CC)NS(=O)(=O)c1ccc(Br)cc1N. The van der Waals surface area contributed by atoms with Gasteiger partial charge in [-0.15, -0.1) is 0 Å². The molecule has 0 aliphatic heterocycles. The smallest absolute Gasteiger partial charge is 0.242 e. The summed E-state index contributed by atoms with van der Waals surface area (Å²) in [7, 11) is -3.53. The van der Waals surface area contributed by atoms with Crippen molar-refractivity contribution in [2.75, 3.05) is 5.73 Å². The third-order valence-corrected chi connectivity index (χ3v) is 4.66. The first-order chi connectivity index (χ1) is 7.90. The molecule has 1 aromatic carbocycles. The molecule has 0 amide bonds. The minimum atomic E-state index is -3.53. The van der Waals surface area contributed by atoms with E-state index in [2.05, 4.69) is 20.7 Å². The van der Waals surface area contributed by atoms with Crippen LogP contribution in [0.3, 0.4) is 0 Å². The molecule has 0 aliphatic carbocycles. The van der Waals surface area contributed by atoms with Crippen LogP contribution >= 0.6 is 15.9 Å². The van der Waals surface area contributed by atoms with Gasteiger partial charge >= 0.3 is 0 Å². The van der Waals surface area contributed by atoms with E-state index in [0.717, 1.165) is 17.3 Å². The molecule has 0 spiro atoms. The maximum Gasteiger partial charge on any atom is 0.242 e. The Morgan fingerprint density at radius 1 is 1.35 bits per heavy atom. The third-order valence-electron chi connectivity index (χ3n) is 2.57. The van der Waals surface area contributed by atoms with Gasteiger partial charge in [0.25, 0.3) is 0 Å². The molecule has 3 N–H and O–H groups in total. The first-order valence-electron chi connectivity index (χ1n) is 5.48. The molecule has 0 saturated heterocycles. The lowest BCUT2D eigenvalue weighted by molar-refractivity contribution is 0.530. The van der Waals surface area contributed by atoms with Gasteiger partial charge in [0.2, 0.25) is 10.0 Å². The minimum Gasteiger partial charge on any atom is -0.398 e. The average molecular weight is 321 g/mol. The van der Waals surface area contributed by atoms with Crippen LogP contribution in [0.1, 0.15) is 26.7 Å². The number of benzene rings is 1. The number of rotatable bonds is 5. The topological polar surface area (TPSA) is 72.2 Å². The molecule has 0 aromatic heterocycles. The molecule has 0 radical (unpaired) electrons. The monoisotopic (exact) mass is 320 g/mol. The van der Waals surface area contributed by atoms with Gasteiger partial charge in [0.15, 0.2) is 0 Å². The van der Waals surface area contributed by atoms with E-state index in [4.69, 9.17) is 5.73 Å². The quantitative estimate of drug-likeness (QED) is 0.819. The Labute approximate surface area is 111 Å². The van der Waals surface area contributed by atoms with Crippen molar-refractivity contribution in [2.45, 2.75) is 37.6 Å². The van der Waals surface area contributed by atoms with E-state index in [1.807, 2.05) is 13.8 Å². The van der Waals surface area contributed by atoms with Gasteiger partial charge in [0, 0.05) is 10.5 Å². The number of hydrogen-bond donors (Lipinski definition) is 2. The van der Waals surface area contributed by atoms with Crippen LogP contribution in [0, 0.1) is 0 Å². The van der Waals surface area contributed by atoms with Gasteiger partial charge in [-0.1, -0.05) is 29.8 Å². The first kappa shape index (κ1) is 14.5. The molecular weight excluding hydrogens is 304 g/mol. The Hall–Kier alpha value is -0.590. The van der Waals surface area contributed by atoms with Crippen LogP contribution in [0.4, 0.5) is 5.69 Å². The van der Waals surface area contributed by atoms with Crippen LogP contribution in [0.5, 0.6) is 0 Å². The summed E-state index contributed by atoms with van der Waals surface area (Å²) in [6.45, 7) is 3.89. The van der Waals surface area contributed by atoms with Crippen molar-refractivity contribution in [3.63, 3.8) is 0 Å². The summed E-state index contributed by atoms with van der Waals surface area (Å²) in [5.74, 6) is 0.